The molecule has 0 radical (unpaired) electrons. The highest BCUT2D eigenvalue weighted by Gasteiger charge is 2.20. The van der Waals surface area contributed by atoms with Crippen LogP contribution in [0.15, 0.2) is 29.2 Å². The summed E-state index contributed by atoms with van der Waals surface area (Å²) in [5.74, 6) is 0.653. The first-order chi connectivity index (χ1) is 9.03. The Balaban J connectivity index is 2.83. The maximum absolute atomic E-state index is 12.3. The average Bonchev–Trinajstić information content (AvgIpc) is 2.39. The smallest absolute Gasteiger partial charge is 0.179 e. The van der Waals surface area contributed by atoms with Crippen LogP contribution in [0.4, 0.5) is 0 Å². The predicted molar refractivity (Wildman–Crippen MR) is 74.4 cm³/mol. The molecule has 1 aromatic rings. The Morgan fingerprint density at radius 1 is 1.21 bits per heavy atom. The minimum Gasteiger partial charge on any atom is -0.497 e. The molecule has 0 heterocycles. The Bertz CT molecular complexity index is 464. The van der Waals surface area contributed by atoms with Gasteiger partial charge in [0.05, 0.1) is 24.4 Å². The quantitative estimate of drug-likeness (QED) is 0.775. The van der Waals surface area contributed by atoms with E-state index in [-0.39, 0.29) is 11.8 Å². The molecule has 5 nitrogen and oxygen atoms in total. The van der Waals surface area contributed by atoms with Crippen LogP contribution in [0, 0.1) is 0 Å². The lowest BCUT2D eigenvalue weighted by molar-refractivity contribution is 0.174. The standard InChI is InChI=1S/C13H21NO4S/c1-4-14-11(9-17-2)10-19(15,16)13-7-5-12(18-3)6-8-13/h5-8,11,14H,4,9-10H2,1-3H3. The Morgan fingerprint density at radius 2 is 1.84 bits per heavy atom. The van der Waals surface area contributed by atoms with E-state index in [1.807, 2.05) is 6.92 Å². The predicted octanol–water partition coefficient (Wildman–Crippen LogP) is 1.09. The lowest BCUT2D eigenvalue weighted by Gasteiger charge is -2.17. The molecule has 0 aromatic heterocycles. The molecule has 6 heteroatoms. The van der Waals surface area contributed by atoms with E-state index in [0.717, 1.165) is 0 Å². The number of hydrogen-bond acceptors (Lipinski definition) is 5. The number of hydrogen-bond donors (Lipinski definition) is 1. The largest absolute Gasteiger partial charge is 0.497 e. The van der Waals surface area contributed by atoms with Crippen molar-refractivity contribution in [3.05, 3.63) is 24.3 Å². The molecule has 1 unspecified atom stereocenters. The first-order valence-corrected chi connectivity index (χ1v) is 7.77. The van der Waals surface area contributed by atoms with Crippen molar-refractivity contribution in [2.75, 3.05) is 33.1 Å². The third-order valence-electron chi connectivity index (χ3n) is 2.70. The van der Waals surface area contributed by atoms with Crippen LogP contribution in [0.1, 0.15) is 6.92 Å². The molecule has 1 aromatic carbocycles. The minimum atomic E-state index is -3.33. The summed E-state index contributed by atoms with van der Waals surface area (Å²) in [5.41, 5.74) is 0. The maximum atomic E-state index is 12.3. The molecule has 0 aliphatic rings. The van der Waals surface area contributed by atoms with E-state index in [1.54, 1.807) is 38.5 Å². The molecule has 0 aliphatic heterocycles. The molecule has 1 N–H and O–H groups in total. The molecule has 1 atom stereocenters. The van der Waals surface area contributed by atoms with E-state index < -0.39 is 9.84 Å². The summed E-state index contributed by atoms with van der Waals surface area (Å²) in [7, 11) is -0.222. The van der Waals surface area contributed by atoms with Gasteiger partial charge in [-0.2, -0.15) is 0 Å². The molecule has 0 saturated carbocycles. The van der Waals surface area contributed by atoms with Crippen LogP contribution in [-0.4, -0.2) is 47.6 Å². The molecule has 0 bridgehead atoms. The first-order valence-electron chi connectivity index (χ1n) is 6.12. The number of rotatable bonds is 8. The van der Waals surface area contributed by atoms with Crippen LogP contribution in [0.3, 0.4) is 0 Å². The summed E-state index contributed by atoms with van der Waals surface area (Å²) >= 11 is 0. The fourth-order valence-corrected chi connectivity index (χ4v) is 3.29. The maximum Gasteiger partial charge on any atom is 0.179 e. The van der Waals surface area contributed by atoms with Gasteiger partial charge in [0.15, 0.2) is 9.84 Å². The van der Waals surface area contributed by atoms with Gasteiger partial charge in [0.1, 0.15) is 5.75 Å². The summed E-state index contributed by atoms with van der Waals surface area (Å²) in [4.78, 5) is 0.298. The van der Waals surface area contributed by atoms with Crippen molar-refractivity contribution in [3.8, 4) is 5.75 Å². The van der Waals surface area contributed by atoms with Crippen LogP contribution in [0.5, 0.6) is 5.75 Å². The van der Waals surface area contributed by atoms with Crippen molar-refractivity contribution in [1.82, 2.24) is 5.32 Å². The van der Waals surface area contributed by atoms with Gasteiger partial charge < -0.3 is 14.8 Å². The van der Waals surface area contributed by atoms with Crippen molar-refractivity contribution in [3.63, 3.8) is 0 Å². The SMILES string of the molecule is CCNC(COC)CS(=O)(=O)c1ccc(OC)cc1. The number of nitrogens with one attached hydrogen (secondary N) is 1. The number of sulfone groups is 1. The lowest BCUT2D eigenvalue weighted by Crippen LogP contribution is -2.39. The summed E-state index contributed by atoms with van der Waals surface area (Å²) < 4.78 is 34.6. The van der Waals surface area contributed by atoms with Crippen molar-refractivity contribution in [2.45, 2.75) is 17.9 Å². The Kier molecular flexibility index (Phi) is 6.27. The van der Waals surface area contributed by atoms with Gasteiger partial charge >= 0.3 is 0 Å². The molecule has 19 heavy (non-hydrogen) atoms. The van der Waals surface area contributed by atoms with Gasteiger partial charge in [-0.15, -0.1) is 0 Å². The Labute approximate surface area is 114 Å². The van der Waals surface area contributed by atoms with Crippen molar-refractivity contribution in [2.24, 2.45) is 0 Å². The number of likely N-dealkylation sites (N-methyl/N-ethyl adjacent to an activating group) is 1. The Hall–Kier alpha value is -1.11. The molecular formula is C13H21NO4S. The summed E-state index contributed by atoms with van der Waals surface area (Å²) in [6.45, 7) is 3.00. The van der Waals surface area contributed by atoms with E-state index in [2.05, 4.69) is 5.32 Å². The van der Waals surface area contributed by atoms with Gasteiger partial charge in [-0.3, -0.25) is 0 Å². The zero-order chi connectivity index (χ0) is 14.3. The van der Waals surface area contributed by atoms with Gasteiger partial charge in [0.25, 0.3) is 0 Å². The zero-order valence-corrected chi connectivity index (χ0v) is 12.4. The van der Waals surface area contributed by atoms with Crippen molar-refractivity contribution >= 4 is 9.84 Å². The van der Waals surface area contributed by atoms with Crippen molar-refractivity contribution in [1.29, 1.82) is 0 Å². The number of benzene rings is 1. The molecule has 0 aliphatic carbocycles. The highest BCUT2D eigenvalue weighted by molar-refractivity contribution is 7.91. The molecule has 0 spiro atoms. The first kappa shape index (κ1) is 15.9. The number of ether oxygens (including phenoxy) is 2. The molecular weight excluding hydrogens is 266 g/mol. The van der Waals surface area contributed by atoms with Crippen molar-refractivity contribution < 1.29 is 17.9 Å². The fraction of sp³-hybridized carbons (Fsp3) is 0.538. The van der Waals surface area contributed by atoms with E-state index >= 15 is 0 Å². The normalized spacial score (nSPS) is 13.2. The highest BCUT2D eigenvalue weighted by atomic mass is 32.2. The second-order valence-electron chi connectivity index (χ2n) is 4.17. The Morgan fingerprint density at radius 3 is 2.32 bits per heavy atom. The fourth-order valence-electron chi connectivity index (χ4n) is 1.80. The minimum absolute atomic E-state index is 0.0149. The average molecular weight is 287 g/mol. The van der Waals surface area contributed by atoms with Crippen LogP contribution >= 0.6 is 0 Å². The summed E-state index contributed by atoms with van der Waals surface area (Å²) in [6.07, 6.45) is 0. The van der Waals surface area contributed by atoms with Gasteiger partial charge in [-0.1, -0.05) is 6.92 Å². The second-order valence-corrected chi connectivity index (χ2v) is 6.20. The molecule has 0 fully saturated rings. The van der Waals surface area contributed by atoms with Crippen LogP contribution in [-0.2, 0) is 14.6 Å². The third kappa shape index (κ3) is 4.81. The van der Waals surface area contributed by atoms with Gasteiger partial charge in [-0.25, -0.2) is 8.42 Å². The van der Waals surface area contributed by atoms with Gasteiger partial charge in [0, 0.05) is 13.2 Å². The summed E-state index contributed by atoms with van der Waals surface area (Å²) in [6, 6.07) is 6.20. The van der Waals surface area contributed by atoms with Gasteiger partial charge in [-0.05, 0) is 30.8 Å². The topological polar surface area (TPSA) is 64.6 Å². The van der Waals surface area contributed by atoms with E-state index in [9.17, 15) is 8.42 Å². The molecule has 0 amide bonds. The molecule has 1 rings (SSSR count). The van der Waals surface area contributed by atoms with E-state index in [4.69, 9.17) is 9.47 Å². The second kappa shape index (κ2) is 7.47. The van der Waals surface area contributed by atoms with Crippen LogP contribution < -0.4 is 10.1 Å². The highest BCUT2D eigenvalue weighted by Crippen LogP contribution is 2.17. The molecule has 0 saturated heterocycles. The molecule has 108 valence electrons. The number of methoxy groups -OCH3 is 2. The third-order valence-corrected chi connectivity index (χ3v) is 4.53. The van der Waals surface area contributed by atoms with Crippen LogP contribution in [0.2, 0.25) is 0 Å². The zero-order valence-electron chi connectivity index (χ0n) is 11.5. The summed E-state index contributed by atoms with van der Waals surface area (Å²) in [5, 5.41) is 3.10. The monoisotopic (exact) mass is 287 g/mol. The van der Waals surface area contributed by atoms with E-state index in [1.165, 1.54) is 0 Å². The lowest BCUT2D eigenvalue weighted by atomic mass is 10.3. The van der Waals surface area contributed by atoms with Crippen LogP contribution in [0.25, 0.3) is 0 Å². The van der Waals surface area contributed by atoms with E-state index in [0.29, 0.717) is 23.8 Å². The van der Waals surface area contributed by atoms with Gasteiger partial charge in [0.2, 0.25) is 0 Å².